The van der Waals surface area contributed by atoms with E-state index in [1.807, 2.05) is 37.4 Å². The summed E-state index contributed by atoms with van der Waals surface area (Å²) in [7, 11) is 1.65. The first-order chi connectivity index (χ1) is 9.04. The zero-order valence-corrected chi connectivity index (χ0v) is 11.3. The molecule has 0 atom stereocenters. The second-order valence-electron chi connectivity index (χ2n) is 3.48. The molecule has 2 N–H and O–H groups in total. The van der Waals surface area contributed by atoms with Crippen LogP contribution in [0.2, 0.25) is 0 Å². The molecule has 0 bridgehead atoms. The van der Waals surface area contributed by atoms with Gasteiger partial charge in [0.2, 0.25) is 6.41 Å². The van der Waals surface area contributed by atoms with Crippen LogP contribution in [-0.4, -0.2) is 37.7 Å². The number of benzene rings is 1. The highest BCUT2D eigenvalue weighted by molar-refractivity contribution is 5.71. The van der Waals surface area contributed by atoms with E-state index < -0.39 is 5.97 Å². The summed E-state index contributed by atoms with van der Waals surface area (Å²) >= 11 is 0. The molecule has 0 unspecified atom stereocenters. The van der Waals surface area contributed by atoms with Crippen molar-refractivity contribution in [1.82, 2.24) is 5.32 Å². The number of carbonyl (C=O) groups excluding carboxylic acids is 1. The van der Waals surface area contributed by atoms with E-state index in [2.05, 4.69) is 0 Å². The number of aliphatic carboxylic acids is 1. The minimum atomic E-state index is -1.04. The number of aryl methyl sites for hydroxylation is 1. The molecule has 0 saturated carbocycles. The Morgan fingerprint density at radius 2 is 2.11 bits per heavy atom. The van der Waals surface area contributed by atoms with Crippen LogP contribution >= 0.6 is 0 Å². The number of methoxy groups -OCH3 is 1. The Labute approximate surface area is 112 Å². The number of ether oxygens (including phenoxy) is 2. The van der Waals surface area contributed by atoms with Gasteiger partial charge in [-0.2, -0.15) is 0 Å². The molecule has 0 spiro atoms. The highest BCUT2D eigenvalue weighted by Gasteiger charge is 2.01. The van der Waals surface area contributed by atoms with E-state index in [0.29, 0.717) is 13.0 Å². The molecular weight excluding hydrogens is 250 g/mol. The monoisotopic (exact) mass is 269 g/mol. The second kappa shape index (κ2) is 9.76. The molecular formula is C13H19NO5. The minimum Gasteiger partial charge on any atom is -0.493 e. The maximum Gasteiger partial charge on any atom is 0.322 e. The van der Waals surface area contributed by atoms with Crippen molar-refractivity contribution in [2.45, 2.75) is 13.8 Å². The van der Waals surface area contributed by atoms with Crippen molar-refractivity contribution in [1.29, 1.82) is 0 Å². The topological polar surface area (TPSA) is 84.9 Å². The number of carboxylic acid groups (broad SMARTS) is 1. The van der Waals surface area contributed by atoms with Gasteiger partial charge in [-0.05, 0) is 31.5 Å². The van der Waals surface area contributed by atoms with E-state index in [-0.39, 0.29) is 6.54 Å². The van der Waals surface area contributed by atoms with Crippen LogP contribution in [0, 0.1) is 6.92 Å². The van der Waals surface area contributed by atoms with Gasteiger partial charge in [-0.3, -0.25) is 9.59 Å². The van der Waals surface area contributed by atoms with Gasteiger partial charge in [0.05, 0.1) is 13.7 Å². The lowest BCUT2D eigenvalue weighted by Crippen LogP contribution is -2.20. The van der Waals surface area contributed by atoms with Crippen molar-refractivity contribution in [3.05, 3.63) is 23.8 Å². The Balaban J connectivity index is 0.000000399. The van der Waals surface area contributed by atoms with Crippen LogP contribution in [0.5, 0.6) is 11.5 Å². The Morgan fingerprint density at radius 1 is 1.42 bits per heavy atom. The number of rotatable bonds is 6. The Morgan fingerprint density at radius 3 is 2.53 bits per heavy atom. The van der Waals surface area contributed by atoms with Crippen molar-refractivity contribution < 1.29 is 24.2 Å². The maximum atomic E-state index is 9.54. The highest BCUT2D eigenvalue weighted by Crippen LogP contribution is 2.27. The molecule has 1 aromatic rings. The summed E-state index contributed by atoms with van der Waals surface area (Å²) < 4.78 is 10.5. The second-order valence-corrected chi connectivity index (χ2v) is 3.48. The Kier molecular flexibility index (Phi) is 8.61. The molecule has 0 aliphatic rings. The van der Waals surface area contributed by atoms with Crippen molar-refractivity contribution in [2.75, 3.05) is 20.3 Å². The summed E-state index contributed by atoms with van der Waals surface area (Å²) in [4.78, 5) is 18.9. The number of carbonyl (C=O) groups is 2. The summed E-state index contributed by atoms with van der Waals surface area (Å²) in [6, 6.07) is 5.90. The first kappa shape index (κ1) is 16.8. The number of carboxylic acids is 1. The summed E-state index contributed by atoms with van der Waals surface area (Å²) in [6.07, 6.45) is 0.341. The average Bonchev–Trinajstić information content (AvgIpc) is 2.39. The lowest BCUT2D eigenvalue weighted by molar-refractivity contribution is -0.136. The molecule has 1 rings (SSSR count). The fraction of sp³-hybridized carbons (Fsp3) is 0.385. The minimum absolute atomic E-state index is 0.302. The lowest BCUT2D eigenvalue weighted by atomic mass is 10.2. The van der Waals surface area contributed by atoms with Crippen LogP contribution in [0.25, 0.3) is 0 Å². The molecule has 0 radical (unpaired) electrons. The van der Waals surface area contributed by atoms with Crippen LogP contribution in [-0.2, 0) is 9.59 Å². The first-order valence-electron chi connectivity index (χ1n) is 5.71. The molecule has 6 heteroatoms. The van der Waals surface area contributed by atoms with Gasteiger partial charge in [-0.15, -0.1) is 0 Å². The molecule has 0 saturated heterocycles. The predicted octanol–water partition coefficient (Wildman–Crippen LogP) is 1.22. The van der Waals surface area contributed by atoms with E-state index in [4.69, 9.17) is 14.6 Å². The molecule has 6 nitrogen and oxygen atoms in total. The largest absolute Gasteiger partial charge is 0.493 e. The lowest BCUT2D eigenvalue weighted by Gasteiger charge is -2.08. The van der Waals surface area contributed by atoms with Crippen molar-refractivity contribution >= 4 is 12.4 Å². The summed E-state index contributed by atoms with van der Waals surface area (Å²) in [5.74, 6) is 0.578. The predicted molar refractivity (Wildman–Crippen MR) is 70.6 cm³/mol. The van der Waals surface area contributed by atoms with Gasteiger partial charge in [0, 0.05) is 0 Å². The van der Waals surface area contributed by atoms with Crippen LogP contribution < -0.4 is 14.8 Å². The van der Waals surface area contributed by atoms with Crippen molar-refractivity contribution in [3.8, 4) is 11.5 Å². The summed E-state index contributed by atoms with van der Waals surface area (Å²) in [5.41, 5.74) is 1.18. The van der Waals surface area contributed by atoms with Gasteiger partial charge in [-0.1, -0.05) is 6.07 Å². The third kappa shape index (κ3) is 7.64. The third-order valence-corrected chi connectivity index (χ3v) is 1.96. The Hall–Kier alpha value is -2.24. The first-order valence-corrected chi connectivity index (χ1v) is 5.71. The van der Waals surface area contributed by atoms with Gasteiger partial charge in [0.1, 0.15) is 6.54 Å². The van der Waals surface area contributed by atoms with E-state index in [1.165, 1.54) is 5.56 Å². The van der Waals surface area contributed by atoms with Gasteiger partial charge in [-0.25, -0.2) is 0 Å². The third-order valence-electron chi connectivity index (χ3n) is 1.96. The van der Waals surface area contributed by atoms with Crippen molar-refractivity contribution in [2.24, 2.45) is 0 Å². The van der Waals surface area contributed by atoms with E-state index in [9.17, 15) is 9.59 Å². The smallest absolute Gasteiger partial charge is 0.322 e. The summed E-state index contributed by atoms with van der Waals surface area (Å²) in [5, 5.41) is 9.79. The van der Waals surface area contributed by atoms with E-state index in [0.717, 1.165) is 11.5 Å². The zero-order valence-electron chi connectivity index (χ0n) is 11.3. The van der Waals surface area contributed by atoms with Crippen LogP contribution in [0.4, 0.5) is 0 Å². The van der Waals surface area contributed by atoms with Crippen LogP contribution in [0.3, 0.4) is 0 Å². The standard InChI is InChI=1S/C10H14O2.C3H5NO3/c1-4-12-9-6-5-8(2)7-10(9)11-3;5-2-4-1-3(6)7/h5-7H,4H2,1-3H3;2H,1H2,(H,4,5)(H,6,7). The van der Waals surface area contributed by atoms with Gasteiger partial charge < -0.3 is 19.9 Å². The molecule has 0 aliphatic heterocycles. The number of amides is 1. The van der Waals surface area contributed by atoms with Crippen LogP contribution in [0.15, 0.2) is 18.2 Å². The maximum absolute atomic E-state index is 9.54. The quantitative estimate of drug-likeness (QED) is 0.758. The molecule has 0 fully saturated rings. The zero-order chi connectivity index (χ0) is 14.7. The molecule has 1 aromatic carbocycles. The molecule has 1 amide bonds. The molecule has 0 aliphatic carbocycles. The average molecular weight is 269 g/mol. The van der Waals surface area contributed by atoms with Gasteiger partial charge in [0.15, 0.2) is 11.5 Å². The fourth-order valence-corrected chi connectivity index (χ4v) is 1.18. The van der Waals surface area contributed by atoms with Gasteiger partial charge in [0.25, 0.3) is 0 Å². The number of hydrogen-bond donors (Lipinski definition) is 2. The number of nitrogens with one attached hydrogen (secondary N) is 1. The normalized spacial score (nSPS) is 8.79. The highest BCUT2D eigenvalue weighted by atomic mass is 16.5. The molecule has 0 aromatic heterocycles. The molecule has 19 heavy (non-hydrogen) atoms. The van der Waals surface area contributed by atoms with Crippen molar-refractivity contribution in [3.63, 3.8) is 0 Å². The summed E-state index contributed by atoms with van der Waals surface area (Å²) in [6.45, 7) is 4.35. The SMILES string of the molecule is CCOc1ccc(C)cc1OC.O=CNCC(=O)O. The fourth-order valence-electron chi connectivity index (χ4n) is 1.18. The van der Waals surface area contributed by atoms with E-state index in [1.54, 1.807) is 7.11 Å². The van der Waals surface area contributed by atoms with Gasteiger partial charge >= 0.3 is 5.97 Å². The molecule has 0 heterocycles. The number of hydrogen-bond acceptors (Lipinski definition) is 4. The molecule has 106 valence electrons. The van der Waals surface area contributed by atoms with E-state index >= 15 is 0 Å². The van der Waals surface area contributed by atoms with Crippen LogP contribution in [0.1, 0.15) is 12.5 Å². The Bertz CT molecular complexity index is 406.